The Labute approximate surface area is 149 Å². The smallest absolute Gasteiger partial charge is 0.226 e. The number of benzene rings is 2. The maximum absolute atomic E-state index is 11.7. The van der Waals surface area contributed by atoms with Gasteiger partial charge in [-0.1, -0.05) is 26.0 Å². The summed E-state index contributed by atoms with van der Waals surface area (Å²) >= 11 is 0. The maximum atomic E-state index is 11.7. The highest BCUT2D eigenvalue weighted by Gasteiger charge is 2.10. The predicted molar refractivity (Wildman–Crippen MR) is 101 cm³/mol. The summed E-state index contributed by atoms with van der Waals surface area (Å²) in [6, 6.07) is 13.5. The summed E-state index contributed by atoms with van der Waals surface area (Å²) in [5, 5.41) is 6.25. The second kappa shape index (κ2) is 8.97. The Kier molecular flexibility index (Phi) is 6.69. The first kappa shape index (κ1) is 18.6. The Morgan fingerprint density at radius 3 is 2.36 bits per heavy atom. The number of carbonyl (C=O) groups is 1. The molecule has 1 amide bonds. The highest BCUT2D eigenvalue weighted by molar-refractivity contribution is 5.92. The zero-order valence-electron chi connectivity index (χ0n) is 15.3. The van der Waals surface area contributed by atoms with Crippen LogP contribution in [0.4, 0.5) is 11.4 Å². The third-order valence-corrected chi connectivity index (χ3v) is 3.73. The number of ether oxygens (including phenoxy) is 2. The highest BCUT2D eigenvalue weighted by Crippen LogP contribution is 2.31. The fourth-order valence-corrected chi connectivity index (χ4v) is 2.32. The molecule has 0 aliphatic heterocycles. The van der Waals surface area contributed by atoms with Crippen molar-refractivity contribution in [2.75, 3.05) is 24.4 Å². The minimum atomic E-state index is -0.0390. The van der Waals surface area contributed by atoms with Crippen LogP contribution in [0.25, 0.3) is 0 Å². The molecule has 0 radical (unpaired) electrons. The number of carbonyl (C=O) groups excluding carboxylic acids is 1. The van der Waals surface area contributed by atoms with Gasteiger partial charge in [0.1, 0.15) is 0 Å². The number of rotatable bonds is 8. The summed E-state index contributed by atoms with van der Waals surface area (Å²) in [5.41, 5.74) is 2.78. The molecule has 5 nitrogen and oxygen atoms in total. The molecular weight excluding hydrogens is 316 g/mol. The van der Waals surface area contributed by atoms with Gasteiger partial charge in [-0.15, -0.1) is 0 Å². The standard InChI is InChI=1S/C20H26N2O3/c1-5-25-19-15(7-6-8-18(19)24-4)13-21-16-9-11-17(12-10-16)22-20(23)14(2)3/h6-12,14,21H,5,13H2,1-4H3,(H,22,23). The third-order valence-electron chi connectivity index (χ3n) is 3.73. The summed E-state index contributed by atoms with van der Waals surface area (Å²) in [7, 11) is 1.64. The Hall–Kier alpha value is -2.69. The van der Waals surface area contributed by atoms with Crippen LogP contribution in [0, 0.1) is 5.92 Å². The van der Waals surface area contributed by atoms with Crippen LogP contribution in [0.1, 0.15) is 26.3 Å². The first-order valence-corrected chi connectivity index (χ1v) is 8.48. The van der Waals surface area contributed by atoms with Gasteiger partial charge in [-0.2, -0.15) is 0 Å². The average molecular weight is 342 g/mol. The molecular formula is C20H26N2O3. The van der Waals surface area contributed by atoms with Gasteiger partial charge in [0, 0.05) is 29.4 Å². The Balaban J connectivity index is 2.03. The minimum Gasteiger partial charge on any atom is -0.493 e. The molecule has 134 valence electrons. The monoisotopic (exact) mass is 342 g/mol. The van der Waals surface area contributed by atoms with Gasteiger partial charge >= 0.3 is 0 Å². The summed E-state index contributed by atoms with van der Waals surface area (Å²) in [6.45, 7) is 6.89. The van der Waals surface area contributed by atoms with Gasteiger partial charge < -0.3 is 20.1 Å². The molecule has 0 atom stereocenters. The van der Waals surface area contributed by atoms with Gasteiger partial charge in [0.05, 0.1) is 13.7 Å². The van der Waals surface area contributed by atoms with Crippen molar-refractivity contribution in [3.05, 3.63) is 48.0 Å². The van der Waals surface area contributed by atoms with Crippen molar-refractivity contribution in [3.8, 4) is 11.5 Å². The molecule has 0 aliphatic rings. The Morgan fingerprint density at radius 1 is 1.08 bits per heavy atom. The van der Waals surface area contributed by atoms with Crippen LogP contribution in [0.3, 0.4) is 0 Å². The largest absolute Gasteiger partial charge is 0.493 e. The number of hydrogen-bond acceptors (Lipinski definition) is 4. The van der Waals surface area contributed by atoms with Crippen molar-refractivity contribution in [1.82, 2.24) is 0 Å². The predicted octanol–water partition coefficient (Wildman–Crippen LogP) is 4.30. The summed E-state index contributed by atoms with van der Waals surface area (Å²) < 4.78 is 11.1. The highest BCUT2D eigenvalue weighted by atomic mass is 16.5. The number of hydrogen-bond donors (Lipinski definition) is 2. The lowest BCUT2D eigenvalue weighted by Crippen LogP contribution is -2.17. The summed E-state index contributed by atoms with van der Waals surface area (Å²) in [4.78, 5) is 11.7. The lowest BCUT2D eigenvalue weighted by Gasteiger charge is -2.15. The second-order valence-electron chi connectivity index (χ2n) is 5.96. The van der Waals surface area contributed by atoms with E-state index in [-0.39, 0.29) is 11.8 Å². The molecule has 0 fully saturated rings. The fourth-order valence-electron chi connectivity index (χ4n) is 2.32. The van der Waals surface area contributed by atoms with Gasteiger partial charge in [-0.3, -0.25) is 4.79 Å². The average Bonchev–Trinajstić information content (AvgIpc) is 2.62. The van der Waals surface area contributed by atoms with Gasteiger partial charge in [-0.25, -0.2) is 0 Å². The van der Waals surface area contributed by atoms with E-state index in [0.717, 1.165) is 28.4 Å². The molecule has 5 heteroatoms. The zero-order valence-corrected chi connectivity index (χ0v) is 15.3. The van der Waals surface area contributed by atoms with E-state index in [4.69, 9.17) is 9.47 Å². The van der Waals surface area contributed by atoms with E-state index in [1.807, 2.05) is 63.2 Å². The van der Waals surface area contributed by atoms with Gasteiger partial charge in [-0.05, 0) is 37.3 Å². The summed E-state index contributed by atoms with van der Waals surface area (Å²) in [5.74, 6) is 1.47. The van der Waals surface area contributed by atoms with Crippen molar-refractivity contribution in [3.63, 3.8) is 0 Å². The number of para-hydroxylation sites is 1. The van der Waals surface area contributed by atoms with E-state index in [9.17, 15) is 4.79 Å². The van der Waals surface area contributed by atoms with Crippen molar-refractivity contribution < 1.29 is 14.3 Å². The molecule has 2 N–H and O–H groups in total. The SMILES string of the molecule is CCOc1c(CNc2ccc(NC(=O)C(C)C)cc2)cccc1OC. The molecule has 25 heavy (non-hydrogen) atoms. The van der Waals surface area contributed by atoms with Crippen LogP contribution < -0.4 is 20.1 Å². The van der Waals surface area contributed by atoms with Crippen LogP contribution in [0.5, 0.6) is 11.5 Å². The second-order valence-corrected chi connectivity index (χ2v) is 5.96. The van der Waals surface area contributed by atoms with Crippen LogP contribution in [0.15, 0.2) is 42.5 Å². The van der Waals surface area contributed by atoms with Gasteiger partial charge in [0.25, 0.3) is 0 Å². The topological polar surface area (TPSA) is 59.6 Å². The first-order valence-electron chi connectivity index (χ1n) is 8.48. The molecule has 2 aromatic rings. The van der Waals surface area contributed by atoms with E-state index in [2.05, 4.69) is 10.6 Å². The van der Waals surface area contributed by atoms with Crippen LogP contribution in [0.2, 0.25) is 0 Å². The van der Waals surface area contributed by atoms with Gasteiger partial charge in [0.2, 0.25) is 5.91 Å². The maximum Gasteiger partial charge on any atom is 0.226 e. The Morgan fingerprint density at radius 2 is 1.76 bits per heavy atom. The van der Waals surface area contributed by atoms with E-state index in [0.29, 0.717) is 13.2 Å². The van der Waals surface area contributed by atoms with Crippen LogP contribution in [-0.4, -0.2) is 19.6 Å². The number of anilines is 2. The van der Waals surface area contributed by atoms with Gasteiger partial charge in [0.15, 0.2) is 11.5 Å². The van der Waals surface area contributed by atoms with E-state index in [1.165, 1.54) is 0 Å². The quantitative estimate of drug-likeness (QED) is 0.751. The van der Waals surface area contributed by atoms with Crippen molar-refractivity contribution in [2.24, 2.45) is 5.92 Å². The lowest BCUT2D eigenvalue weighted by atomic mass is 10.1. The van der Waals surface area contributed by atoms with Crippen molar-refractivity contribution in [1.29, 1.82) is 0 Å². The molecule has 0 bridgehead atoms. The first-order chi connectivity index (χ1) is 12.0. The fraction of sp³-hybridized carbons (Fsp3) is 0.350. The third kappa shape index (κ3) is 5.14. The minimum absolute atomic E-state index is 0.0124. The molecule has 0 saturated heterocycles. The number of nitrogens with one attached hydrogen (secondary N) is 2. The molecule has 2 rings (SSSR count). The molecule has 0 spiro atoms. The van der Waals surface area contributed by atoms with E-state index >= 15 is 0 Å². The molecule has 0 saturated carbocycles. The molecule has 0 aliphatic carbocycles. The van der Waals surface area contributed by atoms with E-state index < -0.39 is 0 Å². The molecule has 2 aromatic carbocycles. The zero-order chi connectivity index (χ0) is 18.2. The van der Waals surface area contributed by atoms with Crippen molar-refractivity contribution >= 4 is 17.3 Å². The number of amides is 1. The molecule has 0 unspecified atom stereocenters. The lowest BCUT2D eigenvalue weighted by molar-refractivity contribution is -0.118. The summed E-state index contributed by atoms with van der Waals surface area (Å²) in [6.07, 6.45) is 0. The van der Waals surface area contributed by atoms with Crippen LogP contribution >= 0.6 is 0 Å². The van der Waals surface area contributed by atoms with Crippen LogP contribution in [-0.2, 0) is 11.3 Å². The van der Waals surface area contributed by atoms with Crippen molar-refractivity contribution in [2.45, 2.75) is 27.3 Å². The molecule has 0 aromatic heterocycles. The molecule has 0 heterocycles. The Bertz CT molecular complexity index is 697. The normalized spacial score (nSPS) is 10.4. The van der Waals surface area contributed by atoms with E-state index in [1.54, 1.807) is 7.11 Å². The number of methoxy groups -OCH3 is 1.